The number of anilines is 1. The highest BCUT2D eigenvalue weighted by atomic mass is 16.1. The molecule has 2 N–H and O–H groups in total. The number of nitrogens with zero attached hydrogens (tertiary/aromatic N) is 1. The van der Waals surface area contributed by atoms with Gasteiger partial charge in [-0.2, -0.15) is 0 Å². The summed E-state index contributed by atoms with van der Waals surface area (Å²) in [7, 11) is 0. The van der Waals surface area contributed by atoms with Gasteiger partial charge in [0.15, 0.2) is 5.78 Å². The summed E-state index contributed by atoms with van der Waals surface area (Å²) in [5.74, 6) is -0.0574. The monoisotopic (exact) mass is 212 g/mol. The quantitative estimate of drug-likeness (QED) is 0.613. The summed E-state index contributed by atoms with van der Waals surface area (Å²) in [4.78, 5) is 16.1. The zero-order valence-electron chi connectivity index (χ0n) is 8.97. The Morgan fingerprint density at radius 2 is 1.88 bits per heavy atom. The number of nitrogens with two attached hydrogens (primary N) is 1. The second-order valence-corrected chi connectivity index (χ2v) is 3.60. The summed E-state index contributed by atoms with van der Waals surface area (Å²) in [6.07, 6.45) is 3.20. The van der Waals surface area contributed by atoms with Crippen molar-refractivity contribution in [2.75, 3.05) is 5.73 Å². The van der Waals surface area contributed by atoms with Gasteiger partial charge in [-0.25, -0.2) is 0 Å². The summed E-state index contributed by atoms with van der Waals surface area (Å²) in [6, 6.07) is 8.84. The molecule has 0 saturated carbocycles. The van der Waals surface area contributed by atoms with Crippen LogP contribution in [0.4, 0.5) is 5.69 Å². The summed E-state index contributed by atoms with van der Waals surface area (Å²) in [5, 5.41) is 0. The Labute approximate surface area is 93.9 Å². The molecule has 0 aliphatic heterocycles. The summed E-state index contributed by atoms with van der Waals surface area (Å²) < 4.78 is 0. The molecule has 2 aromatic rings. The van der Waals surface area contributed by atoms with Gasteiger partial charge < -0.3 is 5.73 Å². The molecule has 0 aliphatic carbocycles. The molecule has 0 spiro atoms. The van der Waals surface area contributed by atoms with E-state index in [4.69, 9.17) is 5.73 Å². The summed E-state index contributed by atoms with van der Waals surface area (Å²) in [5.41, 5.74) is 8.41. The second-order valence-electron chi connectivity index (χ2n) is 3.60. The Morgan fingerprint density at radius 1 is 1.19 bits per heavy atom. The van der Waals surface area contributed by atoms with E-state index in [1.54, 1.807) is 30.6 Å². The van der Waals surface area contributed by atoms with Crippen molar-refractivity contribution in [3.05, 3.63) is 59.4 Å². The van der Waals surface area contributed by atoms with E-state index in [0.717, 1.165) is 5.56 Å². The first-order valence-corrected chi connectivity index (χ1v) is 5.00. The van der Waals surface area contributed by atoms with Crippen LogP contribution in [0.15, 0.2) is 42.7 Å². The average Bonchev–Trinajstić information content (AvgIpc) is 2.30. The number of ketones is 1. The fourth-order valence-electron chi connectivity index (χ4n) is 1.65. The van der Waals surface area contributed by atoms with Gasteiger partial charge in [0.1, 0.15) is 0 Å². The molecule has 0 amide bonds. The van der Waals surface area contributed by atoms with E-state index in [2.05, 4.69) is 4.98 Å². The molecule has 0 aliphatic rings. The average molecular weight is 212 g/mol. The third-order valence-electron chi connectivity index (χ3n) is 2.47. The molecule has 0 saturated heterocycles. The van der Waals surface area contributed by atoms with E-state index in [9.17, 15) is 4.79 Å². The number of benzene rings is 1. The standard InChI is InChI=1S/C13H12N2O/c1-9-3-2-4-11(14)12(9)13(16)10-5-7-15-8-6-10/h2-8H,14H2,1H3. The molecule has 3 nitrogen and oxygen atoms in total. The van der Waals surface area contributed by atoms with Crippen molar-refractivity contribution in [1.82, 2.24) is 4.98 Å². The van der Waals surface area contributed by atoms with E-state index < -0.39 is 0 Å². The lowest BCUT2D eigenvalue weighted by atomic mass is 9.98. The minimum Gasteiger partial charge on any atom is -0.398 e. The lowest BCUT2D eigenvalue weighted by Crippen LogP contribution is -2.07. The van der Waals surface area contributed by atoms with Crippen molar-refractivity contribution in [2.24, 2.45) is 0 Å². The largest absolute Gasteiger partial charge is 0.398 e. The number of hydrogen-bond acceptors (Lipinski definition) is 3. The smallest absolute Gasteiger partial charge is 0.195 e. The highest BCUT2D eigenvalue weighted by Gasteiger charge is 2.14. The third kappa shape index (κ3) is 1.80. The first-order chi connectivity index (χ1) is 7.70. The van der Waals surface area contributed by atoms with Gasteiger partial charge in [-0.1, -0.05) is 12.1 Å². The number of hydrogen-bond donors (Lipinski definition) is 1. The van der Waals surface area contributed by atoms with Gasteiger partial charge in [-0.15, -0.1) is 0 Å². The third-order valence-corrected chi connectivity index (χ3v) is 2.47. The molecule has 16 heavy (non-hydrogen) atoms. The molecule has 0 unspecified atom stereocenters. The predicted octanol–water partition coefficient (Wildman–Crippen LogP) is 2.20. The van der Waals surface area contributed by atoms with E-state index in [0.29, 0.717) is 16.8 Å². The van der Waals surface area contributed by atoms with Crippen LogP contribution in [0.25, 0.3) is 0 Å². The van der Waals surface area contributed by atoms with Gasteiger partial charge in [-0.3, -0.25) is 9.78 Å². The van der Waals surface area contributed by atoms with Crippen LogP contribution in [0.5, 0.6) is 0 Å². The molecule has 1 aromatic heterocycles. The lowest BCUT2D eigenvalue weighted by molar-refractivity contribution is 0.103. The summed E-state index contributed by atoms with van der Waals surface area (Å²) >= 11 is 0. The van der Waals surface area contributed by atoms with E-state index in [1.165, 1.54) is 0 Å². The van der Waals surface area contributed by atoms with Crippen LogP contribution in [-0.2, 0) is 0 Å². The van der Waals surface area contributed by atoms with E-state index in [1.807, 2.05) is 19.1 Å². The van der Waals surface area contributed by atoms with Gasteiger partial charge in [-0.05, 0) is 30.7 Å². The van der Waals surface area contributed by atoms with Crippen LogP contribution in [0.1, 0.15) is 21.5 Å². The topological polar surface area (TPSA) is 56.0 Å². The number of rotatable bonds is 2. The van der Waals surface area contributed by atoms with Crippen LogP contribution in [-0.4, -0.2) is 10.8 Å². The normalized spacial score (nSPS) is 10.1. The molecular formula is C13H12N2O. The second kappa shape index (κ2) is 4.14. The number of aryl methyl sites for hydroxylation is 1. The molecule has 0 fully saturated rings. The molecular weight excluding hydrogens is 200 g/mol. The van der Waals surface area contributed by atoms with Gasteiger partial charge >= 0.3 is 0 Å². The van der Waals surface area contributed by atoms with Crippen LogP contribution in [0.3, 0.4) is 0 Å². The van der Waals surface area contributed by atoms with Gasteiger partial charge in [0.25, 0.3) is 0 Å². The van der Waals surface area contributed by atoms with Crippen molar-refractivity contribution >= 4 is 11.5 Å². The zero-order chi connectivity index (χ0) is 11.5. The molecule has 2 rings (SSSR count). The first kappa shape index (κ1) is 10.4. The molecule has 3 heteroatoms. The van der Waals surface area contributed by atoms with Crippen molar-refractivity contribution in [2.45, 2.75) is 6.92 Å². The SMILES string of the molecule is Cc1cccc(N)c1C(=O)c1ccncc1. The van der Waals surface area contributed by atoms with Crippen molar-refractivity contribution in [3.63, 3.8) is 0 Å². The number of aromatic nitrogens is 1. The van der Waals surface area contributed by atoms with Crippen molar-refractivity contribution < 1.29 is 4.79 Å². The van der Waals surface area contributed by atoms with Gasteiger partial charge in [0, 0.05) is 29.2 Å². The number of carbonyl (C=O) groups is 1. The molecule has 0 atom stereocenters. The van der Waals surface area contributed by atoms with E-state index >= 15 is 0 Å². The minimum absolute atomic E-state index is 0.0574. The van der Waals surface area contributed by atoms with Crippen LogP contribution < -0.4 is 5.73 Å². The maximum absolute atomic E-state index is 12.2. The Hall–Kier alpha value is -2.16. The number of pyridine rings is 1. The van der Waals surface area contributed by atoms with Crippen LogP contribution >= 0.6 is 0 Å². The number of carbonyl (C=O) groups excluding carboxylic acids is 1. The lowest BCUT2D eigenvalue weighted by Gasteiger charge is -2.07. The zero-order valence-corrected chi connectivity index (χ0v) is 8.97. The maximum Gasteiger partial charge on any atom is 0.195 e. The van der Waals surface area contributed by atoms with Gasteiger partial charge in [0.05, 0.1) is 0 Å². The highest BCUT2D eigenvalue weighted by molar-refractivity contribution is 6.12. The molecule has 1 aromatic carbocycles. The Kier molecular flexibility index (Phi) is 2.68. The highest BCUT2D eigenvalue weighted by Crippen LogP contribution is 2.19. The summed E-state index contributed by atoms with van der Waals surface area (Å²) in [6.45, 7) is 1.88. The Balaban J connectivity index is 2.50. The van der Waals surface area contributed by atoms with E-state index in [-0.39, 0.29) is 5.78 Å². The molecule has 1 heterocycles. The van der Waals surface area contributed by atoms with Crippen molar-refractivity contribution in [3.8, 4) is 0 Å². The first-order valence-electron chi connectivity index (χ1n) is 5.00. The van der Waals surface area contributed by atoms with Crippen molar-refractivity contribution in [1.29, 1.82) is 0 Å². The Bertz CT molecular complexity index is 500. The Morgan fingerprint density at radius 3 is 2.50 bits per heavy atom. The maximum atomic E-state index is 12.2. The number of nitrogen functional groups attached to an aromatic ring is 1. The molecule has 80 valence electrons. The molecule has 0 bridgehead atoms. The fraction of sp³-hybridized carbons (Fsp3) is 0.0769. The van der Waals surface area contributed by atoms with Gasteiger partial charge in [0.2, 0.25) is 0 Å². The molecule has 0 radical (unpaired) electrons. The predicted molar refractivity (Wildman–Crippen MR) is 63.3 cm³/mol. The fourth-order valence-corrected chi connectivity index (χ4v) is 1.65. The van der Waals surface area contributed by atoms with Crippen LogP contribution in [0.2, 0.25) is 0 Å². The minimum atomic E-state index is -0.0574. The van der Waals surface area contributed by atoms with Crippen LogP contribution in [0, 0.1) is 6.92 Å².